The third-order valence-corrected chi connectivity index (χ3v) is 2.19. The van der Waals surface area contributed by atoms with E-state index < -0.39 is 46.2 Å². The van der Waals surface area contributed by atoms with Gasteiger partial charge in [0, 0.05) is 17.7 Å². The number of benzene rings is 1. The zero-order valence-electron chi connectivity index (χ0n) is 9.49. The summed E-state index contributed by atoms with van der Waals surface area (Å²) in [5, 5.41) is 37.3. The summed E-state index contributed by atoms with van der Waals surface area (Å²) in [6.07, 6.45) is -2.31. The second kappa shape index (κ2) is 5.89. The average Bonchev–Trinajstić information content (AvgIpc) is 2.36. The molecule has 0 saturated carbocycles. The van der Waals surface area contributed by atoms with Gasteiger partial charge in [0.1, 0.15) is 17.4 Å². The van der Waals surface area contributed by atoms with Crippen molar-refractivity contribution < 1.29 is 33.4 Å². The van der Waals surface area contributed by atoms with Gasteiger partial charge in [-0.3, -0.25) is 10.1 Å². The van der Waals surface area contributed by atoms with E-state index >= 15 is 0 Å². The van der Waals surface area contributed by atoms with E-state index in [0.29, 0.717) is 12.1 Å². The first kappa shape index (κ1) is 15.3. The van der Waals surface area contributed by atoms with Crippen molar-refractivity contribution in [2.24, 2.45) is 0 Å². The summed E-state index contributed by atoms with van der Waals surface area (Å²) in [6.45, 7) is -3.36. The van der Waals surface area contributed by atoms with Crippen LogP contribution >= 0.6 is 0 Å². The van der Waals surface area contributed by atoms with Crippen LogP contribution in [-0.4, -0.2) is 27.7 Å². The summed E-state index contributed by atoms with van der Waals surface area (Å²) in [4.78, 5) is 20.3. The zero-order valence-corrected chi connectivity index (χ0v) is 9.49. The molecule has 0 radical (unpaired) electrons. The number of aliphatic hydroxyl groups excluding tert-OH is 1. The van der Waals surface area contributed by atoms with Gasteiger partial charge in [0.25, 0.3) is 5.69 Å². The molecular formula is C10H6F2N2O6. The largest absolute Gasteiger partial charge is 0.479 e. The molecule has 8 nitrogen and oxygen atoms in total. The maximum atomic E-state index is 12.2. The van der Waals surface area contributed by atoms with Crippen molar-refractivity contribution in [2.75, 3.05) is 0 Å². The lowest BCUT2D eigenvalue weighted by Crippen LogP contribution is -2.14. The van der Waals surface area contributed by atoms with Crippen LogP contribution in [0.3, 0.4) is 0 Å². The minimum atomic E-state index is -3.36. The van der Waals surface area contributed by atoms with Crippen molar-refractivity contribution in [3.8, 4) is 11.8 Å². The molecule has 0 bridgehead atoms. The zero-order chi connectivity index (χ0) is 15.4. The molecule has 2 N–H and O–H groups in total. The molecule has 0 aliphatic rings. The Balaban J connectivity index is 3.52. The molecule has 0 amide bonds. The predicted octanol–water partition coefficient (Wildman–Crippen LogP) is 1.19. The van der Waals surface area contributed by atoms with Crippen LogP contribution in [0.1, 0.15) is 17.2 Å². The second-order valence-electron chi connectivity index (χ2n) is 3.40. The van der Waals surface area contributed by atoms with Crippen molar-refractivity contribution >= 4 is 11.7 Å². The number of alkyl halides is 2. The van der Waals surface area contributed by atoms with Crippen LogP contribution in [0.15, 0.2) is 12.1 Å². The highest BCUT2D eigenvalue weighted by Gasteiger charge is 2.27. The third kappa shape index (κ3) is 3.15. The third-order valence-electron chi connectivity index (χ3n) is 2.19. The molecular weight excluding hydrogens is 282 g/mol. The average molecular weight is 288 g/mol. The Kier molecular flexibility index (Phi) is 4.50. The molecule has 0 spiro atoms. The van der Waals surface area contributed by atoms with Crippen LogP contribution in [0, 0.1) is 21.4 Å². The fourth-order valence-corrected chi connectivity index (χ4v) is 1.37. The fraction of sp³-hybridized carbons (Fsp3) is 0.200. The van der Waals surface area contributed by atoms with E-state index in [-0.39, 0.29) is 0 Å². The summed E-state index contributed by atoms with van der Waals surface area (Å²) < 4.78 is 28.3. The van der Waals surface area contributed by atoms with Crippen LogP contribution in [0.2, 0.25) is 0 Å². The van der Waals surface area contributed by atoms with E-state index in [1.165, 1.54) is 6.07 Å². The smallest absolute Gasteiger partial charge is 0.387 e. The fourth-order valence-electron chi connectivity index (χ4n) is 1.37. The number of nitro benzene ring substituents is 1. The topological polar surface area (TPSA) is 134 Å². The van der Waals surface area contributed by atoms with Crippen LogP contribution in [0.5, 0.6) is 5.75 Å². The maximum Gasteiger partial charge on any atom is 0.387 e. The van der Waals surface area contributed by atoms with Gasteiger partial charge in [-0.1, -0.05) is 0 Å². The lowest BCUT2D eigenvalue weighted by atomic mass is 10.0. The molecule has 1 rings (SSSR count). The summed E-state index contributed by atoms with van der Waals surface area (Å²) in [5.41, 5.74) is -2.18. The predicted molar refractivity (Wildman–Crippen MR) is 57.0 cm³/mol. The van der Waals surface area contributed by atoms with Crippen molar-refractivity contribution in [1.29, 1.82) is 5.26 Å². The maximum absolute atomic E-state index is 12.2. The first-order valence-electron chi connectivity index (χ1n) is 4.86. The number of hydrogen-bond acceptors (Lipinski definition) is 6. The van der Waals surface area contributed by atoms with Gasteiger partial charge < -0.3 is 14.9 Å². The first-order chi connectivity index (χ1) is 9.27. The molecule has 10 heteroatoms. The molecule has 1 atom stereocenters. The minimum absolute atomic E-state index is 0.509. The molecule has 0 aromatic heterocycles. The van der Waals surface area contributed by atoms with E-state index in [4.69, 9.17) is 10.4 Å². The molecule has 20 heavy (non-hydrogen) atoms. The highest BCUT2D eigenvalue weighted by Crippen LogP contribution is 2.33. The number of carbonyl (C=O) groups is 1. The quantitative estimate of drug-likeness (QED) is 0.613. The number of carboxylic acid groups (broad SMARTS) is 1. The number of nitro groups is 1. The van der Waals surface area contributed by atoms with Gasteiger partial charge in [-0.05, 0) is 0 Å². The van der Waals surface area contributed by atoms with Crippen molar-refractivity contribution in [2.45, 2.75) is 12.7 Å². The van der Waals surface area contributed by atoms with Gasteiger partial charge >= 0.3 is 12.6 Å². The minimum Gasteiger partial charge on any atom is -0.479 e. The number of nitriles is 1. The van der Waals surface area contributed by atoms with E-state index in [9.17, 15) is 28.8 Å². The second-order valence-corrected chi connectivity index (χ2v) is 3.40. The van der Waals surface area contributed by atoms with Crippen LogP contribution in [0.4, 0.5) is 14.5 Å². The molecule has 0 heterocycles. The SMILES string of the molecule is N#Cc1cc(OC(F)F)c(C(O)C(=O)O)cc1[N+](=O)[O-]. The number of halogens is 2. The molecule has 0 saturated heterocycles. The number of aliphatic hydroxyl groups is 1. The van der Waals surface area contributed by atoms with E-state index in [2.05, 4.69) is 4.74 Å². The number of ether oxygens (including phenoxy) is 1. The number of aliphatic carboxylic acids is 1. The molecule has 0 fully saturated rings. The lowest BCUT2D eigenvalue weighted by molar-refractivity contribution is -0.385. The van der Waals surface area contributed by atoms with Crippen molar-refractivity contribution in [1.82, 2.24) is 0 Å². The Hall–Kier alpha value is -2.80. The molecule has 106 valence electrons. The van der Waals surface area contributed by atoms with E-state index in [1.54, 1.807) is 0 Å². The lowest BCUT2D eigenvalue weighted by Gasteiger charge is -2.13. The van der Waals surface area contributed by atoms with Gasteiger partial charge in [-0.2, -0.15) is 14.0 Å². The van der Waals surface area contributed by atoms with Gasteiger partial charge in [0.2, 0.25) is 0 Å². The van der Waals surface area contributed by atoms with Crippen LogP contribution < -0.4 is 4.74 Å². The van der Waals surface area contributed by atoms with Crippen molar-refractivity contribution in [3.63, 3.8) is 0 Å². The van der Waals surface area contributed by atoms with Gasteiger partial charge in [0.15, 0.2) is 6.10 Å². The van der Waals surface area contributed by atoms with Gasteiger partial charge in [0.05, 0.1) is 4.92 Å². The highest BCUT2D eigenvalue weighted by atomic mass is 19.3. The monoisotopic (exact) mass is 288 g/mol. The first-order valence-corrected chi connectivity index (χ1v) is 4.86. The molecule has 0 aliphatic heterocycles. The summed E-state index contributed by atoms with van der Waals surface area (Å²) in [5.74, 6) is -2.64. The van der Waals surface area contributed by atoms with Gasteiger partial charge in [-0.25, -0.2) is 4.79 Å². The van der Waals surface area contributed by atoms with Gasteiger partial charge in [-0.15, -0.1) is 0 Å². The molecule has 1 aromatic rings. The highest BCUT2D eigenvalue weighted by molar-refractivity contribution is 5.76. The number of carboxylic acids is 1. The number of rotatable bonds is 5. The Morgan fingerprint density at radius 1 is 1.50 bits per heavy atom. The molecule has 1 unspecified atom stereocenters. The van der Waals surface area contributed by atoms with E-state index in [1.807, 2.05) is 0 Å². The van der Waals surface area contributed by atoms with E-state index in [0.717, 1.165) is 0 Å². The Labute approximate surface area is 109 Å². The molecule has 1 aromatic carbocycles. The Morgan fingerprint density at radius 3 is 2.50 bits per heavy atom. The molecule has 0 aliphatic carbocycles. The van der Waals surface area contributed by atoms with Crippen molar-refractivity contribution in [3.05, 3.63) is 33.4 Å². The van der Waals surface area contributed by atoms with Crippen LogP contribution in [-0.2, 0) is 4.79 Å². The number of hydrogen-bond donors (Lipinski definition) is 2. The normalized spacial score (nSPS) is 11.8. The summed E-state index contributed by atoms with van der Waals surface area (Å²) >= 11 is 0. The Morgan fingerprint density at radius 2 is 2.10 bits per heavy atom. The Bertz CT molecular complexity index is 598. The summed E-state index contributed by atoms with van der Waals surface area (Å²) in [7, 11) is 0. The summed E-state index contributed by atoms with van der Waals surface area (Å²) in [6, 6.07) is 2.47. The number of nitrogens with zero attached hydrogens (tertiary/aromatic N) is 2. The standard InChI is InChI=1S/C10H6F2N2O6/c11-10(12)20-7-1-4(3-13)6(14(18)19)2-5(7)8(15)9(16)17/h1-2,8,10,15H,(H,16,17). The van der Waals surface area contributed by atoms with Crippen LogP contribution in [0.25, 0.3) is 0 Å².